The molecule has 1 heterocycles. The van der Waals surface area contributed by atoms with E-state index in [1.807, 2.05) is 6.07 Å². The van der Waals surface area contributed by atoms with Crippen LogP contribution in [0.3, 0.4) is 0 Å². The van der Waals surface area contributed by atoms with E-state index in [1.54, 1.807) is 6.07 Å². The Balaban J connectivity index is 2.25. The van der Waals surface area contributed by atoms with Crippen LogP contribution >= 0.6 is 0 Å². The van der Waals surface area contributed by atoms with E-state index in [1.165, 1.54) is 34.5 Å². The Hall–Kier alpha value is -2.84. The summed E-state index contributed by atoms with van der Waals surface area (Å²) >= 11 is 0. The largest absolute Gasteiger partial charge is 0.404 e. The summed E-state index contributed by atoms with van der Waals surface area (Å²) in [4.78, 5) is 11.9. The number of carbonyl (C=O) groups is 1. The van der Waals surface area contributed by atoms with Gasteiger partial charge in [0, 0.05) is 18.9 Å². The molecular formula is C16H15F3N4O3S. The van der Waals surface area contributed by atoms with Crippen LogP contribution in [0.2, 0.25) is 0 Å². The van der Waals surface area contributed by atoms with Crippen molar-refractivity contribution >= 4 is 21.6 Å². The summed E-state index contributed by atoms with van der Waals surface area (Å²) < 4.78 is 64.7. The quantitative estimate of drug-likeness (QED) is 0.804. The fourth-order valence-electron chi connectivity index (χ4n) is 2.14. The first-order valence-electron chi connectivity index (χ1n) is 7.51. The first kappa shape index (κ1) is 20.5. The van der Waals surface area contributed by atoms with Crippen LogP contribution in [0.5, 0.6) is 0 Å². The fraction of sp³-hybridized carbons (Fsp3) is 0.250. The van der Waals surface area contributed by atoms with Gasteiger partial charge in [-0.2, -0.15) is 23.2 Å². The van der Waals surface area contributed by atoms with Crippen LogP contribution in [-0.4, -0.2) is 31.1 Å². The number of hydrogen-bond acceptors (Lipinski definition) is 4. The van der Waals surface area contributed by atoms with Gasteiger partial charge in [0.25, 0.3) is 5.91 Å². The topological polar surface area (TPSA) is 104 Å². The van der Waals surface area contributed by atoms with Crippen molar-refractivity contribution in [2.24, 2.45) is 7.05 Å². The van der Waals surface area contributed by atoms with Crippen molar-refractivity contribution in [3.05, 3.63) is 47.8 Å². The molecule has 0 saturated carbocycles. The maximum Gasteiger partial charge on any atom is 0.404 e. The smallest absolute Gasteiger partial charge is 0.345 e. The molecule has 144 valence electrons. The number of nitrogens with one attached hydrogen (secondary N) is 2. The Morgan fingerprint density at radius 1 is 1.30 bits per heavy atom. The van der Waals surface area contributed by atoms with Crippen LogP contribution in [0.4, 0.5) is 18.9 Å². The molecule has 0 saturated heterocycles. The third-order valence-corrected chi connectivity index (χ3v) is 5.10. The monoisotopic (exact) mass is 400 g/mol. The second kappa shape index (κ2) is 7.42. The third-order valence-electron chi connectivity index (χ3n) is 3.60. The zero-order valence-corrected chi connectivity index (χ0v) is 15.0. The number of nitriles is 1. The van der Waals surface area contributed by atoms with Gasteiger partial charge in [-0.1, -0.05) is 6.07 Å². The van der Waals surface area contributed by atoms with Crippen molar-refractivity contribution < 1.29 is 26.4 Å². The molecular weight excluding hydrogens is 385 g/mol. The highest BCUT2D eigenvalue weighted by Crippen LogP contribution is 2.22. The molecule has 2 aromatic rings. The van der Waals surface area contributed by atoms with Gasteiger partial charge in [0.1, 0.15) is 16.6 Å². The van der Waals surface area contributed by atoms with Crippen molar-refractivity contribution in [2.75, 3.05) is 5.32 Å². The van der Waals surface area contributed by atoms with Gasteiger partial charge in [-0.25, -0.2) is 8.42 Å². The number of carbonyl (C=O) groups excluding carboxylic acids is 1. The van der Waals surface area contributed by atoms with Gasteiger partial charge in [0.2, 0.25) is 10.0 Å². The Kier molecular flexibility index (Phi) is 5.62. The molecule has 11 heteroatoms. The standard InChI is InChI=1S/C16H15F3N4O3S/c1-10(16(17,18)19)22-27(25,26)13-7-14(23(2)9-13)15(24)21-12-5-3-4-11(6-12)8-20/h3-7,9-10,22H,1-2H3,(H,21,24)/t10-/m1/s1. The van der Waals surface area contributed by atoms with Crippen LogP contribution in [0, 0.1) is 11.3 Å². The summed E-state index contributed by atoms with van der Waals surface area (Å²) in [6.07, 6.45) is -3.71. The number of sulfonamides is 1. The minimum absolute atomic E-state index is 0.0857. The number of alkyl halides is 3. The lowest BCUT2D eigenvalue weighted by Gasteiger charge is -2.16. The van der Waals surface area contributed by atoms with Crippen molar-refractivity contribution in [1.29, 1.82) is 5.26 Å². The van der Waals surface area contributed by atoms with E-state index < -0.39 is 33.0 Å². The van der Waals surface area contributed by atoms with Crippen molar-refractivity contribution in [2.45, 2.75) is 24.0 Å². The molecule has 1 aromatic heterocycles. The molecule has 0 aliphatic heterocycles. The molecule has 0 spiro atoms. The van der Waals surface area contributed by atoms with E-state index in [-0.39, 0.29) is 5.69 Å². The Morgan fingerprint density at radius 2 is 1.96 bits per heavy atom. The second-order valence-corrected chi connectivity index (χ2v) is 7.42. The highest BCUT2D eigenvalue weighted by atomic mass is 32.2. The SMILES string of the molecule is C[C@@H](NS(=O)(=O)c1cc(C(=O)Nc2cccc(C#N)c2)n(C)c1)C(F)(F)F. The van der Waals surface area contributed by atoms with E-state index in [4.69, 9.17) is 5.26 Å². The number of nitrogens with zero attached hydrogens (tertiary/aromatic N) is 2. The van der Waals surface area contributed by atoms with Crippen LogP contribution in [0.15, 0.2) is 41.4 Å². The molecule has 1 amide bonds. The molecule has 0 fully saturated rings. The maximum absolute atomic E-state index is 12.6. The highest BCUT2D eigenvalue weighted by molar-refractivity contribution is 7.89. The van der Waals surface area contributed by atoms with E-state index in [2.05, 4.69) is 5.32 Å². The average molecular weight is 400 g/mol. The predicted octanol–water partition coefficient (Wildman–Crippen LogP) is 2.38. The predicted molar refractivity (Wildman–Crippen MR) is 90.4 cm³/mol. The van der Waals surface area contributed by atoms with E-state index in [0.29, 0.717) is 18.2 Å². The lowest BCUT2D eigenvalue weighted by molar-refractivity contribution is -0.147. The van der Waals surface area contributed by atoms with Gasteiger partial charge in [-0.15, -0.1) is 0 Å². The van der Waals surface area contributed by atoms with Gasteiger partial charge in [-0.3, -0.25) is 4.79 Å². The average Bonchev–Trinajstić information content (AvgIpc) is 2.96. The van der Waals surface area contributed by atoms with Gasteiger partial charge < -0.3 is 9.88 Å². The minimum Gasteiger partial charge on any atom is -0.345 e. The second-order valence-electron chi connectivity index (χ2n) is 5.70. The first-order chi connectivity index (χ1) is 12.4. The summed E-state index contributed by atoms with van der Waals surface area (Å²) in [5.74, 6) is -0.682. The molecule has 1 aromatic carbocycles. The molecule has 2 N–H and O–H groups in total. The summed E-state index contributed by atoms with van der Waals surface area (Å²) in [6, 6.07) is 6.64. The molecule has 2 rings (SSSR count). The van der Waals surface area contributed by atoms with Gasteiger partial charge in [-0.05, 0) is 31.2 Å². The summed E-state index contributed by atoms with van der Waals surface area (Å²) in [7, 11) is -3.09. The van der Waals surface area contributed by atoms with Crippen LogP contribution < -0.4 is 10.0 Å². The normalized spacial score (nSPS) is 13.0. The molecule has 27 heavy (non-hydrogen) atoms. The number of aromatic nitrogens is 1. The van der Waals surface area contributed by atoms with Crippen LogP contribution in [-0.2, 0) is 17.1 Å². The number of aryl methyl sites for hydroxylation is 1. The van der Waals surface area contributed by atoms with Crippen LogP contribution in [0.1, 0.15) is 23.0 Å². The van der Waals surface area contributed by atoms with Gasteiger partial charge >= 0.3 is 6.18 Å². The van der Waals surface area contributed by atoms with Crippen molar-refractivity contribution in [1.82, 2.24) is 9.29 Å². The fourth-order valence-corrected chi connectivity index (χ4v) is 3.43. The summed E-state index contributed by atoms with van der Waals surface area (Å²) in [5, 5.41) is 11.4. The number of anilines is 1. The summed E-state index contributed by atoms with van der Waals surface area (Å²) in [5.41, 5.74) is 0.541. The minimum atomic E-state index is -4.74. The lowest BCUT2D eigenvalue weighted by atomic mass is 10.2. The van der Waals surface area contributed by atoms with Crippen molar-refractivity contribution in [3.8, 4) is 6.07 Å². The maximum atomic E-state index is 12.6. The summed E-state index contributed by atoms with van der Waals surface area (Å²) in [6.45, 7) is 0.677. The zero-order chi connectivity index (χ0) is 20.4. The molecule has 0 bridgehead atoms. The first-order valence-corrected chi connectivity index (χ1v) is 8.99. The molecule has 7 nitrogen and oxygen atoms in total. The third kappa shape index (κ3) is 4.87. The Labute approximate surface area is 153 Å². The molecule has 1 atom stereocenters. The number of amides is 1. The molecule has 0 aliphatic rings. The molecule has 0 unspecified atom stereocenters. The number of halogens is 3. The van der Waals surface area contributed by atoms with E-state index >= 15 is 0 Å². The Morgan fingerprint density at radius 3 is 2.56 bits per heavy atom. The molecule has 0 radical (unpaired) electrons. The highest BCUT2D eigenvalue weighted by Gasteiger charge is 2.39. The van der Waals surface area contributed by atoms with E-state index in [9.17, 15) is 26.4 Å². The number of rotatable bonds is 5. The number of benzene rings is 1. The van der Waals surface area contributed by atoms with Gasteiger partial charge in [0.15, 0.2) is 0 Å². The number of hydrogen-bond donors (Lipinski definition) is 2. The van der Waals surface area contributed by atoms with E-state index in [0.717, 1.165) is 12.3 Å². The molecule has 0 aliphatic carbocycles. The zero-order valence-electron chi connectivity index (χ0n) is 14.2. The van der Waals surface area contributed by atoms with Gasteiger partial charge in [0.05, 0.1) is 11.6 Å². The van der Waals surface area contributed by atoms with Crippen LogP contribution in [0.25, 0.3) is 0 Å². The van der Waals surface area contributed by atoms with Crippen molar-refractivity contribution in [3.63, 3.8) is 0 Å². The Bertz CT molecular complexity index is 1010. The lowest BCUT2D eigenvalue weighted by Crippen LogP contribution is -2.42.